The largest absolute Gasteiger partial charge is 0.462 e. The number of aliphatic hydroxyl groups excluding tert-OH is 1. The van der Waals surface area contributed by atoms with Gasteiger partial charge in [0, 0.05) is 13.3 Å². The Kier molecular flexibility index (Phi) is 1.83. The minimum absolute atomic E-state index is 0.0316. The van der Waals surface area contributed by atoms with Crippen LogP contribution in [-0.4, -0.2) is 23.3 Å². The van der Waals surface area contributed by atoms with Crippen LogP contribution in [0.4, 0.5) is 0 Å². The highest BCUT2D eigenvalue weighted by Gasteiger charge is 2.46. The quantitative estimate of drug-likeness (QED) is 0.582. The molecule has 0 aliphatic heterocycles. The fourth-order valence-electron chi connectivity index (χ4n) is 2.29. The molecule has 3 nitrogen and oxygen atoms in total. The summed E-state index contributed by atoms with van der Waals surface area (Å²) in [6.45, 7) is 1.43. The number of hydrogen-bond acceptors (Lipinski definition) is 3. The third-order valence-corrected chi connectivity index (χ3v) is 2.82. The van der Waals surface area contributed by atoms with Gasteiger partial charge in [-0.15, -0.1) is 0 Å². The summed E-state index contributed by atoms with van der Waals surface area (Å²) < 4.78 is 5.09. The maximum absolute atomic E-state index is 10.7. The monoisotopic (exact) mass is 169 g/mol. The van der Waals surface area contributed by atoms with E-state index in [2.05, 4.69) is 0 Å². The van der Waals surface area contributed by atoms with E-state index in [1.807, 2.05) is 6.42 Å². The van der Waals surface area contributed by atoms with E-state index in [9.17, 15) is 9.90 Å². The molecular weight excluding hydrogens is 156 g/mol. The van der Waals surface area contributed by atoms with Crippen molar-refractivity contribution in [3.63, 3.8) is 0 Å². The molecule has 4 atom stereocenters. The first-order valence-corrected chi connectivity index (χ1v) is 4.37. The molecule has 2 bridgehead atoms. The Hall–Kier alpha value is -0.570. The van der Waals surface area contributed by atoms with E-state index in [-0.39, 0.29) is 24.1 Å². The lowest BCUT2D eigenvalue weighted by Crippen LogP contribution is -2.29. The predicted molar refractivity (Wildman–Crippen MR) is 42.1 cm³/mol. The SMILES string of the molecule is CC(=O)O[C@H]1[CH][C@H]2C[C@@H]1C[C@@H]2O. The standard InChI is InChI=1S/C9H13O3/c1-5(10)12-9-4-6-2-7(9)3-8(6)11/h4,6-9,11H,2-3H2,1H3/t6-,7-,8+,9+/m1/s1. The lowest BCUT2D eigenvalue weighted by atomic mass is 9.95. The van der Waals surface area contributed by atoms with Crippen LogP contribution < -0.4 is 0 Å². The smallest absolute Gasteiger partial charge is 0.302 e. The third-order valence-electron chi connectivity index (χ3n) is 2.82. The highest BCUT2D eigenvalue weighted by atomic mass is 16.5. The van der Waals surface area contributed by atoms with Gasteiger partial charge in [-0.3, -0.25) is 4.79 Å². The fraction of sp³-hybridized carbons (Fsp3) is 0.778. The van der Waals surface area contributed by atoms with E-state index in [0.717, 1.165) is 12.8 Å². The van der Waals surface area contributed by atoms with Crippen LogP contribution >= 0.6 is 0 Å². The van der Waals surface area contributed by atoms with Crippen LogP contribution in [0.15, 0.2) is 0 Å². The minimum Gasteiger partial charge on any atom is -0.462 e. The number of hydrogen-bond donors (Lipinski definition) is 1. The average Bonchev–Trinajstić information content (AvgIpc) is 2.44. The summed E-state index contributed by atoms with van der Waals surface area (Å²) in [5, 5.41) is 9.40. The molecule has 0 aromatic rings. The van der Waals surface area contributed by atoms with Crippen LogP contribution in [0, 0.1) is 18.3 Å². The molecule has 0 saturated heterocycles. The van der Waals surface area contributed by atoms with Gasteiger partial charge in [-0.2, -0.15) is 0 Å². The van der Waals surface area contributed by atoms with E-state index in [0.29, 0.717) is 5.92 Å². The van der Waals surface area contributed by atoms with Crippen molar-refractivity contribution < 1.29 is 14.6 Å². The van der Waals surface area contributed by atoms with Crippen molar-refractivity contribution in [2.45, 2.75) is 32.0 Å². The first-order chi connectivity index (χ1) is 5.66. The van der Waals surface area contributed by atoms with Crippen LogP contribution in [0.2, 0.25) is 0 Å². The molecule has 0 spiro atoms. The molecular formula is C9H13O3. The van der Waals surface area contributed by atoms with Crippen molar-refractivity contribution in [3.05, 3.63) is 6.42 Å². The number of carbonyl (C=O) groups excluding carboxylic acids is 1. The highest BCUT2D eigenvalue weighted by Crippen LogP contribution is 2.45. The van der Waals surface area contributed by atoms with E-state index < -0.39 is 0 Å². The summed E-state index contributed by atoms with van der Waals surface area (Å²) in [5.74, 6) is 0.409. The molecule has 0 amide bonds. The summed E-state index contributed by atoms with van der Waals surface area (Å²) in [6, 6.07) is 0. The predicted octanol–water partition coefficient (Wildman–Crippen LogP) is 0.523. The Morgan fingerprint density at radius 1 is 1.58 bits per heavy atom. The van der Waals surface area contributed by atoms with Crippen molar-refractivity contribution in [2.75, 3.05) is 0 Å². The second-order valence-corrected chi connectivity index (χ2v) is 3.73. The number of esters is 1. The number of aliphatic hydroxyl groups is 1. The van der Waals surface area contributed by atoms with Gasteiger partial charge in [0.25, 0.3) is 0 Å². The van der Waals surface area contributed by atoms with Crippen LogP contribution in [-0.2, 0) is 9.53 Å². The van der Waals surface area contributed by atoms with Crippen LogP contribution in [0.5, 0.6) is 0 Å². The van der Waals surface area contributed by atoms with E-state index >= 15 is 0 Å². The molecule has 0 aromatic heterocycles. The van der Waals surface area contributed by atoms with E-state index in [1.165, 1.54) is 6.92 Å². The second kappa shape index (κ2) is 2.73. The molecule has 0 heterocycles. The topological polar surface area (TPSA) is 46.5 Å². The Bertz CT molecular complexity index is 200. The molecule has 67 valence electrons. The Morgan fingerprint density at radius 3 is 2.75 bits per heavy atom. The van der Waals surface area contributed by atoms with Crippen molar-refractivity contribution in [3.8, 4) is 0 Å². The van der Waals surface area contributed by atoms with Gasteiger partial charge in [0.2, 0.25) is 0 Å². The summed E-state index contributed by atoms with van der Waals surface area (Å²) in [7, 11) is 0. The molecule has 3 heteroatoms. The zero-order valence-corrected chi connectivity index (χ0v) is 7.06. The molecule has 1 radical (unpaired) electrons. The molecule has 2 rings (SSSR count). The lowest BCUT2D eigenvalue weighted by Gasteiger charge is -2.23. The highest BCUT2D eigenvalue weighted by molar-refractivity contribution is 5.66. The molecule has 2 aliphatic carbocycles. The van der Waals surface area contributed by atoms with E-state index in [1.54, 1.807) is 0 Å². The van der Waals surface area contributed by atoms with Gasteiger partial charge in [0.1, 0.15) is 6.10 Å². The van der Waals surface area contributed by atoms with E-state index in [4.69, 9.17) is 4.74 Å². The molecule has 2 fully saturated rings. The van der Waals surface area contributed by atoms with Gasteiger partial charge >= 0.3 is 5.97 Å². The normalized spacial score (nSPS) is 44.8. The van der Waals surface area contributed by atoms with Gasteiger partial charge in [0.05, 0.1) is 6.10 Å². The van der Waals surface area contributed by atoms with Crippen LogP contribution in [0.3, 0.4) is 0 Å². The third kappa shape index (κ3) is 1.22. The number of rotatable bonds is 1. The van der Waals surface area contributed by atoms with Crippen LogP contribution in [0.25, 0.3) is 0 Å². The summed E-state index contributed by atoms with van der Waals surface area (Å²) in [4.78, 5) is 10.7. The molecule has 2 saturated carbocycles. The molecule has 0 unspecified atom stereocenters. The first kappa shape index (κ1) is 8.05. The number of ether oxygens (including phenoxy) is 1. The molecule has 12 heavy (non-hydrogen) atoms. The molecule has 0 aromatic carbocycles. The van der Waals surface area contributed by atoms with Crippen molar-refractivity contribution >= 4 is 5.97 Å². The van der Waals surface area contributed by atoms with Gasteiger partial charge < -0.3 is 9.84 Å². The Morgan fingerprint density at radius 2 is 2.33 bits per heavy atom. The zero-order valence-electron chi connectivity index (χ0n) is 7.06. The molecule has 1 N–H and O–H groups in total. The van der Waals surface area contributed by atoms with Crippen molar-refractivity contribution in [1.82, 2.24) is 0 Å². The van der Waals surface area contributed by atoms with Crippen molar-refractivity contribution in [1.29, 1.82) is 0 Å². The maximum atomic E-state index is 10.7. The van der Waals surface area contributed by atoms with Gasteiger partial charge in [-0.05, 0) is 24.7 Å². The Balaban J connectivity index is 1.94. The number of fused-ring (bicyclic) bond motifs is 2. The maximum Gasteiger partial charge on any atom is 0.302 e. The van der Waals surface area contributed by atoms with Crippen molar-refractivity contribution in [2.24, 2.45) is 11.8 Å². The average molecular weight is 169 g/mol. The Labute approximate surface area is 71.7 Å². The zero-order chi connectivity index (χ0) is 8.72. The number of carbonyl (C=O) groups is 1. The minimum atomic E-state index is -0.224. The van der Waals surface area contributed by atoms with Gasteiger partial charge in [0.15, 0.2) is 0 Å². The van der Waals surface area contributed by atoms with Crippen LogP contribution in [0.1, 0.15) is 19.8 Å². The lowest BCUT2D eigenvalue weighted by molar-refractivity contribution is -0.147. The summed E-state index contributed by atoms with van der Waals surface area (Å²) in [6.07, 6.45) is 3.52. The molecule has 2 aliphatic rings. The first-order valence-electron chi connectivity index (χ1n) is 4.37. The van der Waals surface area contributed by atoms with Gasteiger partial charge in [-0.25, -0.2) is 0 Å². The summed E-state index contributed by atoms with van der Waals surface area (Å²) >= 11 is 0. The van der Waals surface area contributed by atoms with Gasteiger partial charge in [-0.1, -0.05) is 0 Å². The second-order valence-electron chi connectivity index (χ2n) is 3.73. The summed E-state index contributed by atoms with van der Waals surface area (Å²) in [5.41, 5.74) is 0. The fourth-order valence-corrected chi connectivity index (χ4v) is 2.29.